The molecule has 1 fully saturated rings. The van der Waals surface area contributed by atoms with Crippen LogP contribution in [0.1, 0.15) is 12.8 Å². The van der Waals surface area contributed by atoms with E-state index in [1.54, 1.807) is 5.25 Å². The summed E-state index contributed by atoms with van der Waals surface area (Å²) in [7, 11) is -4.04. The first-order chi connectivity index (χ1) is 4.08. The van der Waals surface area contributed by atoms with E-state index in [9.17, 15) is 8.42 Å². The molecule has 9 heavy (non-hydrogen) atoms. The molecule has 1 saturated carbocycles. The Morgan fingerprint density at radius 1 is 1.44 bits per heavy atom. The normalized spacial score (nSPS) is 18.3. The first kappa shape index (κ1) is 6.59. The van der Waals surface area contributed by atoms with E-state index in [1.165, 1.54) is 0 Å². The minimum Gasteiger partial charge on any atom is -0.276 e. The molecular weight excluding hydrogens is 140 g/mol. The highest BCUT2D eigenvalue weighted by Crippen LogP contribution is 2.27. The van der Waals surface area contributed by atoms with Crippen LogP contribution in [0.5, 0.6) is 0 Å². The lowest BCUT2D eigenvalue weighted by Gasteiger charge is -1.74. The highest BCUT2D eigenvalue weighted by molar-refractivity contribution is 7.90. The molecule has 0 heterocycles. The van der Waals surface area contributed by atoms with Gasteiger partial charge in [0.2, 0.25) is 0 Å². The second kappa shape index (κ2) is 2.01. The summed E-state index contributed by atoms with van der Waals surface area (Å²) in [4.78, 5) is 0. The van der Waals surface area contributed by atoms with Crippen molar-refractivity contribution in [2.24, 2.45) is 5.92 Å². The Morgan fingerprint density at radius 2 is 2.00 bits per heavy atom. The van der Waals surface area contributed by atoms with Crippen LogP contribution in [0.2, 0.25) is 0 Å². The predicted molar refractivity (Wildman–Crippen MR) is 32.0 cm³/mol. The van der Waals surface area contributed by atoms with Gasteiger partial charge in [0.15, 0.2) is 0 Å². The summed E-state index contributed by atoms with van der Waals surface area (Å²) in [6.07, 6.45) is 1.92. The molecular formula is C5H6O3S. The topological polar surface area (TPSA) is 54.4 Å². The van der Waals surface area contributed by atoms with E-state index >= 15 is 0 Å². The molecule has 0 bridgehead atoms. The number of hydrogen-bond donors (Lipinski definition) is 1. The van der Waals surface area contributed by atoms with Gasteiger partial charge in [-0.25, -0.2) is 0 Å². The molecule has 0 aromatic rings. The summed E-state index contributed by atoms with van der Waals surface area (Å²) in [6.45, 7) is 0. The Kier molecular flexibility index (Phi) is 1.47. The van der Waals surface area contributed by atoms with Crippen LogP contribution < -0.4 is 0 Å². The number of rotatable bonds is 0. The standard InChI is InChI=1S/C5H6O3S/c6-9(7,8)4-3-5-1-2-5/h5H,1-2H2,(H,6,7,8). The zero-order valence-electron chi connectivity index (χ0n) is 4.66. The molecule has 50 valence electrons. The molecule has 0 aromatic carbocycles. The lowest BCUT2D eigenvalue weighted by atomic mass is 10.5. The second-order valence-electron chi connectivity index (χ2n) is 2.00. The fraction of sp³-hybridized carbons (Fsp3) is 0.600. The summed E-state index contributed by atoms with van der Waals surface area (Å²) >= 11 is 0. The van der Waals surface area contributed by atoms with E-state index in [0.717, 1.165) is 12.8 Å². The van der Waals surface area contributed by atoms with Crippen LogP contribution in [0.25, 0.3) is 0 Å². The Bertz CT molecular complexity index is 250. The molecule has 0 aliphatic heterocycles. The van der Waals surface area contributed by atoms with Gasteiger partial charge in [0.25, 0.3) is 0 Å². The second-order valence-corrected chi connectivity index (χ2v) is 3.15. The number of hydrogen-bond acceptors (Lipinski definition) is 2. The van der Waals surface area contributed by atoms with Crippen molar-refractivity contribution >= 4 is 10.1 Å². The van der Waals surface area contributed by atoms with Crippen LogP contribution in [-0.2, 0) is 10.1 Å². The van der Waals surface area contributed by atoms with Gasteiger partial charge in [0, 0.05) is 5.92 Å². The average molecular weight is 146 g/mol. The predicted octanol–water partition coefficient (Wildman–Crippen LogP) is 0.245. The maximum absolute atomic E-state index is 9.95. The molecule has 1 rings (SSSR count). The van der Waals surface area contributed by atoms with Crippen molar-refractivity contribution in [2.45, 2.75) is 12.8 Å². The van der Waals surface area contributed by atoms with E-state index in [4.69, 9.17) is 4.55 Å². The third-order valence-electron chi connectivity index (χ3n) is 0.969. The SMILES string of the molecule is O=S(=O)(O)C#CC1CC1. The fourth-order valence-corrected chi connectivity index (χ4v) is 0.701. The van der Waals surface area contributed by atoms with Gasteiger partial charge in [-0.2, -0.15) is 8.42 Å². The Morgan fingerprint density at radius 3 is 2.33 bits per heavy atom. The van der Waals surface area contributed by atoms with Crippen molar-refractivity contribution < 1.29 is 13.0 Å². The molecule has 0 radical (unpaired) electrons. The largest absolute Gasteiger partial charge is 0.335 e. The Hall–Kier alpha value is -0.530. The van der Waals surface area contributed by atoms with Gasteiger partial charge in [0.05, 0.1) is 5.25 Å². The van der Waals surface area contributed by atoms with Crippen LogP contribution in [0, 0.1) is 17.1 Å². The smallest absolute Gasteiger partial charge is 0.276 e. The average Bonchev–Trinajstić information content (AvgIpc) is 2.38. The molecule has 0 unspecified atom stereocenters. The van der Waals surface area contributed by atoms with E-state index in [-0.39, 0.29) is 5.92 Å². The van der Waals surface area contributed by atoms with Gasteiger partial charge >= 0.3 is 10.1 Å². The zero-order valence-corrected chi connectivity index (χ0v) is 5.48. The van der Waals surface area contributed by atoms with Gasteiger partial charge in [-0.3, -0.25) is 4.55 Å². The first-order valence-corrected chi connectivity index (χ1v) is 4.02. The molecule has 1 aliphatic carbocycles. The summed E-state index contributed by atoms with van der Waals surface area (Å²) in [6, 6.07) is 0. The van der Waals surface area contributed by atoms with E-state index in [2.05, 4.69) is 5.92 Å². The van der Waals surface area contributed by atoms with Gasteiger partial charge in [-0.15, -0.1) is 0 Å². The van der Waals surface area contributed by atoms with Gasteiger partial charge in [-0.1, -0.05) is 5.92 Å². The van der Waals surface area contributed by atoms with Crippen molar-refractivity contribution in [3.8, 4) is 11.2 Å². The lowest BCUT2D eigenvalue weighted by Crippen LogP contribution is -1.89. The third-order valence-corrected chi connectivity index (χ3v) is 1.35. The van der Waals surface area contributed by atoms with E-state index in [1.807, 2.05) is 0 Å². The van der Waals surface area contributed by atoms with Crippen molar-refractivity contribution in [3.05, 3.63) is 0 Å². The van der Waals surface area contributed by atoms with Crippen molar-refractivity contribution in [1.82, 2.24) is 0 Å². The lowest BCUT2D eigenvalue weighted by molar-refractivity contribution is 0.496. The molecule has 0 saturated heterocycles. The van der Waals surface area contributed by atoms with E-state index in [0.29, 0.717) is 0 Å². The minimum atomic E-state index is -4.04. The zero-order chi connectivity index (χ0) is 6.91. The highest BCUT2D eigenvalue weighted by atomic mass is 32.2. The van der Waals surface area contributed by atoms with E-state index < -0.39 is 10.1 Å². The van der Waals surface area contributed by atoms with Crippen LogP contribution in [-0.4, -0.2) is 13.0 Å². The van der Waals surface area contributed by atoms with Crippen molar-refractivity contribution in [2.75, 3.05) is 0 Å². The molecule has 0 amide bonds. The summed E-state index contributed by atoms with van der Waals surface area (Å²) in [5.41, 5.74) is 0. The molecule has 4 heteroatoms. The van der Waals surface area contributed by atoms with Crippen molar-refractivity contribution in [1.29, 1.82) is 0 Å². The molecule has 0 spiro atoms. The van der Waals surface area contributed by atoms with Gasteiger partial charge in [-0.05, 0) is 12.8 Å². The summed E-state index contributed by atoms with van der Waals surface area (Å²) in [5.74, 6) is 2.62. The quantitative estimate of drug-likeness (QED) is 0.393. The summed E-state index contributed by atoms with van der Waals surface area (Å²) in [5, 5.41) is 1.76. The molecule has 1 N–H and O–H groups in total. The van der Waals surface area contributed by atoms with Crippen LogP contribution in [0.3, 0.4) is 0 Å². The van der Waals surface area contributed by atoms with Crippen LogP contribution in [0.4, 0.5) is 0 Å². The molecule has 0 aromatic heterocycles. The first-order valence-electron chi connectivity index (χ1n) is 2.58. The maximum Gasteiger partial charge on any atom is 0.335 e. The Labute approximate surface area is 53.8 Å². The fourth-order valence-electron chi connectivity index (χ4n) is 0.385. The Balaban J connectivity index is 2.60. The third kappa shape index (κ3) is 3.12. The molecule has 0 atom stereocenters. The summed E-state index contributed by atoms with van der Waals surface area (Å²) < 4.78 is 28.0. The minimum absolute atomic E-state index is 0.215. The maximum atomic E-state index is 9.95. The van der Waals surface area contributed by atoms with Crippen LogP contribution in [0.15, 0.2) is 0 Å². The molecule has 1 aliphatic rings. The van der Waals surface area contributed by atoms with Crippen molar-refractivity contribution in [3.63, 3.8) is 0 Å². The van der Waals surface area contributed by atoms with Gasteiger partial charge < -0.3 is 0 Å². The monoisotopic (exact) mass is 146 g/mol. The molecule has 3 nitrogen and oxygen atoms in total. The van der Waals surface area contributed by atoms with Gasteiger partial charge in [0.1, 0.15) is 0 Å². The van der Waals surface area contributed by atoms with Crippen LogP contribution >= 0.6 is 0 Å². The highest BCUT2D eigenvalue weighted by Gasteiger charge is 2.18.